The summed E-state index contributed by atoms with van der Waals surface area (Å²) in [5.74, 6) is -1.68. The van der Waals surface area contributed by atoms with E-state index < -0.39 is 139 Å². The number of likely N-dealkylation sites (tertiary alicyclic amines) is 2. The minimum atomic E-state index is -4.82. The summed E-state index contributed by atoms with van der Waals surface area (Å²) in [6, 6.07) is -3.72. The van der Waals surface area contributed by atoms with Crippen LogP contribution in [0.15, 0.2) is 0 Å². The number of unbranched alkanes of at least 4 members (excludes halogenated alkanes) is 2. The predicted octanol–water partition coefficient (Wildman–Crippen LogP) is -1.87. The first-order valence-electron chi connectivity index (χ1n) is 22.9. The van der Waals surface area contributed by atoms with Gasteiger partial charge in [-0.25, -0.2) is 9.13 Å². The molecular weight excluding hydrogens is 950 g/mol. The maximum absolute atomic E-state index is 13.6. The molecule has 0 saturated carbocycles. The summed E-state index contributed by atoms with van der Waals surface area (Å²) in [6.45, 7) is 5.50. The van der Waals surface area contributed by atoms with Gasteiger partial charge in [-0.2, -0.15) is 0 Å². The highest BCUT2D eigenvalue weighted by atomic mass is 31.2. The summed E-state index contributed by atoms with van der Waals surface area (Å²) in [4.78, 5) is 74.3. The van der Waals surface area contributed by atoms with E-state index in [4.69, 9.17) is 37.0 Å². The van der Waals surface area contributed by atoms with Gasteiger partial charge in [0.25, 0.3) is 0 Å². The molecule has 4 heterocycles. The second kappa shape index (κ2) is 26.9. The van der Waals surface area contributed by atoms with Gasteiger partial charge in [0.15, 0.2) is 12.6 Å². The molecule has 12 unspecified atom stereocenters. The molecule has 0 bridgehead atoms. The van der Waals surface area contributed by atoms with E-state index in [-0.39, 0.29) is 70.3 Å². The molecule has 10 N–H and O–H groups in total. The molecule has 4 rings (SSSR count). The minimum Gasteiger partial charge on any atom is -0.394 e. The fourth-order valence-electron chi connectivity index (χ4n) is 8.57. The third-order valence-corrected chi connectivity index (χ3v) is 14.0. The van der Waals surface area contributed by atoms with E-state index in [1.807, 2.05) is 6.92 Å². The van der Waals surface area contributed by atoms with Crippen molar-refractivity contribution in [1.29, 1.82) is 0 Å². The highest BCUT2D eigenvalue weighted by molar-refractivity contribution is 7.47. The number of hydrogen-bond acceptors (Lipinski definition) is 20. The van der Waals surface area contributed by atoms with Crippen LogP contribution in [0.4, 0.5) is 0 Å². The Hall–Kier alpha value is -2.30. The summed E-state index contributed by atoms with van der Waals surface area (Å²) in [5, 5.41) is 65.5. The lowest BCUT2D eigenvalue weighted by Crippen LogP contribution is -2.64. The normalized spacial score (nSPS) is 33.9. The lowest BCUT2D eigenvalue weighted by molar-refractivity contribution is -0.270. The smallest absolute Gasteiger partial charge is 0.394 e. The van der Waals surface area contributed by atoms with Gasteiger partial charge >= 0.3 is 15.6 Å². The Kier molecular flexibility index (Phi) is 23.1. The Bertz CT molecular complexity index is 1740. The maximum atomic E-state index is 13.6. The average molecular weight is 1020 g/mol. The number of aliphatic hydroxyl groups excluding tert-OH is 6. The lowest BCUT2D eigenvalue weighted by Gasteiger charge is -2.42. The molecule has 4 saturated heterocycles. The molecule has 4 amide bonds. The summed E-state index contributed by atoms with van der Waals surface area (Å²) in [5.41, 5.74) is 0. The van der Waals surface area contributed by atoms with E-state index in [9.17, 15) is 68.7 Å². The molecule has 26 nitrogen and oxygen atoms in total. The van der Waals surface area contributed by atoms with Crippen LogP contribution in [0.3, 0.4) is 0 Å². The number of aliphatic hydroxyl groups is 6. The van der Waals surface area contributed by atoms with E-state index in [2.05, 4.69) is 10.6 Å². The van der Waals surface area contributed by atoms with E-state index in [0.717, 1.165) is 0 Å². The van der Waals surface area contributed by atoms with Gasteiger partial charge in [0.05, 0.1) is 50.7 Å². The minimum absolute atomic E-state index is 0.0263. The van der Waals surface area contributed by atoms with Crippen molar-refractivity contribution in [2.45, 2.75) is 172 Å². The molecule has 0 aromatic carbocycles. The Morgan fingerprint density at radius 3 is 1.56 bits per heavy atom. The first kappa shape index (κ1) is 58.3. The van der Waals surface area contributed by atoms with E-state index in [0.29, 0.717) is 25.8 Å². The quantitative estimate of drug-likeness (QED) is 0.0335. The number of hydrogen-bond donors (Lipinski definition) is 10. The third kappa shape index (κ3) is 17.5. The number of carbonyl (C=O) groups is 4. The molecule has 4 aliphatic rings. The van der Waals surface area contributed by atoms with Gasteiger partial charge in [-0.3, -0.25) is 37.3 Å². The number of nitrogens with zero attached hydrogens (tertiary/aromatic N) is 2. The van der Waals surface area contributed by atoms with Crippen molar-refractivity contribution >= 4 is 39.3 Å². The number of nitrogens with one attached hydrogen (secondary N) is 2. The second-order valence-electron chi connectivity index (χ2n) is 17.9. The highest BCUT2D eigenvalue weighted by Crippen LogP contribution is 2.49. The number of amides is 4. The van der Waals surface area contributed by atoms with Crippen LogP contribution in [-0.2, 0) is 65.4 Å². The summed E-state index contributed by atoms with van der Waals surface area (Å²) in [6.07, 6.45) is -10.8. The van der Waals surface area contributed by atoms with Crippen molar-refractivity contribution in [2.75, 3.05) is 52.7 Å². The van der Waals surface area contributed by atoms with Crippen LogP contribution in [0.25, 0.3) is 0 Å². The molecule has 0 aromatic rings. The standard InChI is InChI=1S/C40H72N4O22P2/c1-22(2)65-67(55,56)61-21-27-15-28(17-44(27)32(50)11-7-9-13-60-40-34(42-25(5)48)38(54)36(52)30(19-46)64-40)66-68(57,58)62-20-26-14-23(3)16-43(26)31(49)10-6-8-12-59-39-33(41-24(4)47)37(53)35(51)29(18-45)63-39/h22-23,26-30,33-40,45-46,51-54H,6-21H2,1-5H3,(H,41,47)(H,42,48)(H,55,56)(H,57,58)/t23-,26+,27+,28-,29?,30?,33?,34?,35?,36?,37?,38?,39?,40?/m1/s1. The number of carbonyl (C=O) groups excluding carboxylic acids is 4. The number of ether oxygens (including phenoxy) is 4. The average Bonchev–Trinajstić information content (AvgIpc) is 3.85. The van der Waals surface area contributed by atoms with Gasteiger partial charge in [0, 0.05) is 53.0 Å². The Morgan fingerprint density at radius 2 is 1.12 bits per heavy atom. The Morgan fingerprint density at radius 1 is 0.676 bits per heavy atom. The molecular formula is C40H72N4O22P2. The van der Waals surface area contributed by atoms with Crippen LogP contribution in [0.5, 0.6) is 0 Å². The zero-order valence-corrected chi connectivity index (χ0v) is 40.8. The third-order valence-electron chi connectivity index (χ3n) is 11.8. The number of phosphoric acid groups is 2. The van der Waals surface area contributed by atoms with Crippen molar-refractivity contribution in [1.82, 2.24) is 20.4 Å². The Balaban J connectivity index is 1.28. The first-order chi connectivity index (χ1) is 31.9. The zero-order valence-electron chi connectivity index (χ0n) is 39.1. The van der Waals surface area contributed by atoms with Gasteiger partial charge in [-0.1, -0.05) is 6.92 Å². The lowest BCUT2D eigenvalue weighted by atomic mass is 9.97. The molecule has 0 spiro atoms. The SMILES string of the molecule is CC(=O)NC1C(OCCCCC(=O)N2C[C@H](C)C[C@H]2COP(=O)(O)O[C@@H]2C[C@@H](COP(=O)(O)OC(C)C)N(C(=O)CCCCOC3OC(CO)C(O)C(O)C3NC(C)=O)C2)OC(CO)C(O)C1O. The van der Waals surface area contributed by atoms with E-state index in [1.54, 1.807) is 4.90 Å². The molecule has 0 aromatic heterocycles. The van der Waals surface area contributed by atoms with Crippen molar-refractivity contribution < 1.29 is 106 Å². The fourth-order valence-corrected chi connectivity index (χ4v) is 10.5. The largest absolute Gasteiger partial charge is 0.472 e. The molecule has 0 aliphatic carbocycles. The van der Waals surface area contributed by atoms with Gasteiger partial charge in [-0.05, 0) is 58.3 Å². The van der Waals surface area contributed by atoms with Gasteiger partial charge in [0.2, 0.25) is 23.6 Å². The number of rotatable bonds is 26. The molecule has 394 valence electrons. The van der Waals surface area contributed by atoms with Crippen LogP contribution in [0.1, 0.15) is 86.0 Å². The topological polar surface area (TPSA) is 369 Å². The number of phosphoric ester groups is 2. The summed E-state index contributed by atoms with van der Waals surface area (Å²) in [7, 11) is -9.38. The Labute approximate surface area is 395 Å². The van der Waals surface area contributed by atoms with Gasteiger partial charge < -0.3 is 79.8 Å². The van der Waals surface area contributed by atoms with E-state index >= 15 is 0 Å². The second-order valence-corrected chi connectivity index (χ2v) is 20.7. The summed E-state index contributed by atoms with van der Waals surface area (Å²) < 4.78 is 69.6. The fraction of sp³-hybridized carbons (Fsp3) is 0.900. The first-order valence-corrected chi connectivity index (χ1v) is 25.9. The molecule has 4 fully saturated rings. The van der Waals surface area contributed by atoms with Crippen molar-refractivity contribution in [2.24, 2.45) is 5.92 Å². The zero-order chi connectivity index (χ0) is 50.5. The van der Waals surface area contributed by atoms with Crippen LogP contribution in [0.2, 0.25) is 0 Å². The molecule has 0 radical (unpaired) electrons. The van der Waals surface area contributed by atoms with Crippen LogP contribution < -0.4 is 10.6 Å². The van der Waals surface area contributed by atoms with Crippen LogP contribution in [-0.4, -0.2) is 212 Å². The van der Waals surface area contributed by atoms with Gasteiger partial charge in [-0.15, -0.1) is 0 Å². The molecule has 4 aliphatic heterocycles. The monoisotopic (exact) mass is 1020 g/mol. The van der Waals surface area contributed by atoms with Crippen LogP contribution in [0, 0.1) is 5.92 Å². The van der Waals surface area contributed by atoms with Crippen molar-refractivity contribution in [3.63, 3.8) is 0 Å². The molecule has 28 heteroatoms. The van der Waals surface area contributed by atoms with Crippen molar-refractivity contribution in [3.8, 4) is 0 Å². The highest BCUT2D eigenvalue weighted by Gasteiger charge is 2.47. The van der Waals surface area contributed by atoms with Crippen molar-refractivity contribution in [3.05, 3.63) is 0 Å². The maximum Gasteiger partial charge on any atom is 0.472 e. The molecule has 68 heavy (non-hydrogen) atoms. The van der Waals surface area contributed by atoms with Gasteiger partial charge in [0.1, 0.15) is 48.7 Å². The summed E-state index contributed by atoms with van der Waals surface area (Å²) >= 11 is 0. The molecule has 16 atom stereocenters. The van der Waals surface area contributed by atoms with E-state index in [1.165, 1.54) is 32.6 Å². The predicted molar refractivity (Wildman–Crippen MR) is 232 cm³/mol. The van der Waals surface area contributed by atoms with Crippen LogP contribution >= 0.6 is 15.6 Å².